The standard InChI is InChI=1S/C26H25Cl2NO4/c1-3-15-33-21-8-5-7-19(16-21)25(30)29(17-22-23(27)9-6-10-24(22)28)20-13-11-18(12-14-20)26(31)32-4-2/h5-14,16H,3-4,15,17H2,1-2H3. The molecule has 0 radical (unpaired) electrons. The van der Waals surface area contributed by atoms with Crippen molar-refractivity contribution in [2.24, 2.45) is 0 Å². The van der Waals surface area contributed by atoms with Crippen LogP contribution >= 0.6 is 23.2 Å². The third kappa shape index (κ3) is 6.28. The summed E-state index contributed by atoms with van der Waals surface area (Å²) >= 11 is 12.8. The number of nitrogens with zero attached hydrogens (tertiary/aromatic N) is 1. The number of benzene rings is 3. The van der Waals surface area contributed by atoms with Crippen LogP contribution in [0.5, 0.6) is 5.75 Å². The summed E-state index contributed by atoms with van der Waals surface area (Å²) in [6, 6.07) is 18.9. The number of carbonyl (C=O) groups excluding carboxylic acids is 2. The zero-order valence-electron chi connectivity index (χ0n) is 18.5. The number of hydrogen-bond acceptors (Lipinski definition) is 4. The van der Waals surface area contributed by atoms with Crippen molar-refractivity contribution < 1.29 is 19.1 Å². The van der Waals surface area contributed by atoms with E-state index in [4.69, 9.17) is 32.7 Å². The van der Waals surface area contributed by atoms with Crippen molar-refractivity contribution >= 4 is 40.8 Å². The first-order chi connectivity index (χ1) is 15.9. The number of anilines is 1. The SMILES string of the molecule is CCCOc1cccc(C(=O)N(Cc2c(Cl)cccc2Cl)c2ccc(C(=O)OCC)cc2)c1. The molecule has 0 N–H and O–H groups in total. The van der Waals surface area contributed by atoms with Gasteiger partial charge in [-0.1, -0.05) is 42.3 Å². The molecule has 0 spiro atoms. The molecular formula is C26H25Cl2NO4. The number of carbonyl (C=O) groups is 2. The summed E-state index contributed by atoms with van der Waals surface area (Å²) in [5, 5.41) is 0.923. The Morgan fingerprint density at radius 2 is 1.55 bits per heavy atom. The van der Waals surface area contributed by atoms with Crippen LogP contribution in [-0.2, 0) is 11.3 Å². The molecule has 0 saturated heterocycles. The van der Waals surface area contributed by atoms with Crippen molar-refractivity contribution in [3.8, 4) is 5.75 Å². The quantitative estimate of drug-likeness (QED) is 0.312. The fourth-order valence-electron chi connectivity index (χ4n) is 3.21. The highest BCUT2D eigenvalue weighted by Crippen LogP contribution is 2.29. The summed E-state index contributed by atoms with van der Waals surface area (Å²) in [5.74, 6) is -0.0512. The van der Waals surface area contributed by atoms with Gasteiger partial charge in [0.25, 0.3) is 5.91 Å². The Morgan fingerprint density at radius 1 is 0.879 bits per heavy atom. The monoisotopic (exact) mass is 485 g/mol. The van der Waals surface area contributed by atoms with Gasteiger partial charge in [0.15, 0.2) is 0 Å². The van der Waals surface area contributed by atoms with Crippen LogP contribution < -0.4 is 9.64 Å². The van der Waals surface area contributed by atoms with E-state index in [9.17, 15) is 9.59 Å². The van der Waals surface area contributed by atoms with Gasteiger partial charge in [-0.25, -0.2) is 4.79 Å². The molecule has 1 amide bonds. The molecule has 7 heteroatoms. The average molecular weight is 486 g/mol. The van der Waals surface area contributed by atoms with E-state index in [1.54, 1.807) is 72.5 Å². The Morgan fingerprint density at radius 3 is 2.18 bits per heavy atom. The first-order valence-electron chi connectivity index (χ1n) is 10.7. The minimum Gasteiger partial charge on any atom is -0.494 e. The second-order valence-electron chi connectivity index (χ2n) is 7.24. The van der Waals surface area contributed by atoms with Crippen molar-refractivity contribution in [3.05, 3.63) is 93.5 Å². The molecule has 5 nitrogen and oxygen atoms in total. The van der Waals surface area contributed by atoms with Gasteiger partial charge in [0, 0.05) is 26.9 Å². The van der Waals surface area contributed by atoms with Gasteiger partial charge in [0.05, 0.1) is 25.3 Å². The number of ether oxygens (including phenoxy) is 2. The molecule has 3 aromatic carbocycles. The minimum atomic E-state index is -0.420. The number of amides is 1. The van der Waals surface area contributed by atoms with Crippen molar-refractivity contribution in [1.29, 1.82) is 0 Å². The molecule has 3 aromatic rings. The van der Waals surface area contributed by atoms with Crippen LogP contribution in [-0.4, -0.2) is 25.1 Å². The lowest BCUT2D eigenvalue weighted by atomic mass is 10.1. The van der Waals surface area contributed by atoms with Gasteiger partial charge in [-0.2, -0.15) is 0 Å². The summed E-state index contributed by atoms with van der Waals surface area (Å²) in [4.78, 5) is 27.2. The molecular weight excluding hydrogens is 461 g/mol. The van der Waals surface area contributed by atoms with Gasteiger partial charge in [-0.3, -0.25) is 4.79 Å². The smallest absolute Gasteiger partial charge is 0.338 e. The molecule has 0 aliphatic rings. The van der Waals surface area contributed by atoms with E-state index in [2.05, 4.69) is 0 Å². The average Bonchev–Trinajstić information content (AvgIpc) is 2.83. The summed E-state index contributed by atoms with van der Waals surface area (Å²) in [7, 11) is 0. The van der Waals surface area contributed by atoms with E-state index in [0.717, 1.165) is 6.42 Å². The van der Waals surface area contributed by atoms with E-state index >= 15 is 0 Å². The summed E-state index contributed by atoms with van der Waals surface area (Å²) < 4.78 is 10.7. The highest BCUT2D eigenvalue weighted by molar-refractivity contribution is 6.36. The van der Waals surface area contributed by atoms with Crippen LogP contribution in [0.3, 0.4) is 0 Å². The maximum Gasteiger partial charge on any atom is 0.338 e. The van der Waals surface area contributed by atoms with Crippen molar-refractivity contribution in [1.82, 2.24) is 0 Å². The first-order valence-corrected chi connectivity index (χ1v) is 11.4. The summed E-state index contributed by atoms with van der Waals surface area (Å²) in [6.45, 7) is 4.76. The Bertz CT molecular complexity index is 1100. The fourth-order valence-corrected chi connectivity index (χ4v) is 3.73. The van der Waals surface area contributed by atoms with E-state index in [-0.39, 0.29) is 19.1 Å². The van der Waals surface area contributed by atoms with E-state index in [1.165, 1.54) is 0 Å². The lowest BCUT2D eigenvalue weighted by Crippen LogP contribution is -2.30. The lowest BCUT2D eigenvalue weighted by molar-refractivity contribution is 0.0526. The molecule has 0 fully saturated rings. The molecule has 0 atom stereocenters. The Balaban J connectivity index is 1.98. The zero-order chi connectivity index (χ0) is 23.8. The first kappa shape index (κ1) is 24.6. The summed E-state index contributed by atoms with van der Waals surface area (Å²) in [6.07, 6.45) is 0.863. The number of hydrogen-bond donors (Lipinski definition) is 0. The van der Waals surface area contributed by atoms with Crippen LogP contribution in [0.1, 0.15) is 46.5 Å². The Hall–Kier alpha value is -3.02. The van der Waals surface area contributed by atoms with E-state index < -0.39 is 5.97 Å². The van der Waals surface area contributed by atoms with Gasteiger partial charge < -0.3 is 14.4 Å². The predicted octanol–water partition coefficient (Wildman–Crippen LogP) is 6.81. The normalized spacial score (nSPS) is 10.5. The maximum absolute atomic E-state index is 13.6. The molecule has 33 heavy (non-hydrogen) atoms. The van der Waals surface area contributed by atoms with Gasteiger partial charge in [0.1, 0.15) is 5.75 Å². The molecule has 0 unspecified atom stereocenters. The molecule has 0 aromatic heterocycles. The molecule has 0 saturated carbocycles. The predicted molar refractivity (Wildman–Crippen MR) is 132 cm³/mol. The maximum atomic E-state index is 13.6. The van der Waals surface area contributed by atoms with Crippen LogP contribution in [0.15, 0.2) is 66.7 Å². The van der Waals surface area contributed by atoms with Crippen LogP contribution in [0, 0.1) is 0 Å². The second kappa shape index (κ2) is 11.7. The van der Waals surface area contributed by atoms with Crippen LogP contribution in [0.25, 0.3) is 0 Å². The van der Waals surface area contributed by atoms with Crippen LogP contribution in [0.4, 0.5) is 5.69 Å². The molecule has 172 valence electrons. The largest absolute Gasteiger partial charge is 0.494 e. The van der Waals surface area contributed by atoms with Gasteiger partial charge >= 0.3 is 5.97 Å². The van der Waals surface area contributed by atoms with Crippen molar-refractivity contribution in [3.63, 3.8) is 0 Å². The molecule has 0 aliphatic carbocycles. The van der Waals surface area contributed by atoms with Crippen molar-refractivity contribution in [2.45, 2.75) is 26.8 Å². The second-order valence-corrected chi connectivity index (χ2v) is 8.05. The molecule has 0 aliphatic heterocycles. The third-order valence-electron chi connectivity index (χ3n) is 4.87. The lowest BCUT2D eigenvalue weighted by Gasteiger charge is -2.24. The minimum absolute atomic E-state index is 0.149. The van der Waals surface area contributed by atoms with Gasteiger partial charge in [-0.05, 0) is 67.9 Å². The van der Waals surface area contributed by atoms with Crippen molar-refractivity contribution in [2.75, 3.05) is 18.1 Å². The van der Waals surface area contributed by atoms with Gasteiger partial charge in [0.2, 0.25) is 0 Å². The Kier molecular flexibility index (Phi) is 8.75. The fraction of sp³-hybridized carbons (Fsp3) is 0.231. The highest BCUT2D eigenvalue weighted by atomic mass is 35.5. The summed E-state index contributed by atoms with van der Waals surface area (Å²) in [5.41, 5.74) is 2.07. The topological polar surface area (TPSA) is 55.8 Å². The number of esters is 1. The van der Waals surface area contributed by atoms with Gasteiger partial charge in [-0.15, -0.1) is 0 Å². The van der Waals surface area contributed by atoms with E-state index in [1.807, 2.05) is 13.0 Å². The molecule has 3 rings (SSSR count). The number of rotatable bonds is 9. The highest BCUT2D eigenvalue weighted by Gasteiger charge is 2.22. The third-order valence-corrected chi connectivity index (χ3v) is 5.58. The Labute approximate surface area is 203 Å². The van der Waals surface area contributed by atoms with Crippen LogP contribution in [0.2, 0.25) is 10.0 Å². The van der Waals surface area contributed by atoms with E-state index in [0.29, 0.717) is 44.8 Å². The molecule has 0 bridgehead atoms. The molecule has 0 heterocycles. The number of halogens is 2. The zero-order valence-corrected chi connectivity index (χ0v) is 20.0.